The van der Waals surface area contributed by atoms with Crippen molar-refractivity contribution in [3.05, 3.63) is 47.5 Å². The molecular formula is C13H10O5. The third kappa shape index (κ3) is 2.20. The van der Waals surface area contributed by atoms with Crippen molar-refractivity contribution in [2.45, 2.75) is 0 Å². The highest BCUT2D eigenvalue weighted by Gasteiger charge is 2.15. The van der Waals surface area contributed by atoms with Crippen molar-refractivity contribution in [3.8, 4) is 23.0 Å². The number of phenols is 4. The van der Waals surface area contributed by atoms with Crippen molar-refractivity contribution in [1.82, 2.24) is 0 Å². The molecule has 0 aliphatic rings. The molecule has 18 heavy (non-hydrogen) atoms. The van der Waals surface area contributed by atoms with Crippen LogP contribution in [0.25, 0.3) is 0 Å². The minimum atomic E-state index is -0.571. The highest BCUT2D eigenvalue weighted by molar-refractivity contribution is 6.11. The third-order valence-corrected chi connectivity index (χ3v) is 2.39. The van der Waals surface area contributed by atoms with E-state index < -0.39 is 5.78 Å². The summed E-state index contributed by atoms with van der Waals surface area (Å²) in [4.78, 5) is 12.0. The van der Waals surface area contributed by atoms with Crippen LogP contribution in [-0.2, 0) is 0 Å². The maximum absolute atomic E-state index is 12.0. The molecule has 0 aliphatic carbocycles. The number of phenolic OH excluding ortho intramolecular Hbond substituents is 4. The topological polar surface area (TPSA) is 98.0 Å². The first-order chi connectivity index (χ1) is 8.47. The first kappa shape index (κ1) is 11.8. The predicted molar refractivity (Wildman–Crippen MR) is 63.0 cm³/mol. The minimum absolute atomic E-state index is 0.0298. The van der Waals surface area contributed by atoms with E-state index in [1.807, 2.05) is 0 Å². The SMILES string of the molecule is O=C(c1cc(O)cc(O)c1)c1ccc(O)cc1O. The highest BCUT2D eigenvalue weighted by atomic mass is 16.3. The van der Waals surface area contributed by atoms with E-state index in [1.165, 1.54) is 24.3 Å². The fraction of sp³-hybridized carbons (Fsp3) is 0. The van der Waals surface area contributed by atoms with Gasteiger partial charge in [-0.15, -0.1) is 0 Å². The van der Waals surface area contributed by atoms with E-state index in [0.717, 1.165) is 12.1 Å². The number of aromatic hydroxyl groups is 4. The Morgan fingerprint density at radius 1 is 0.778 bits per heavy atom. The van der Waals surface area contributed by atoms with Gasteiger partial charge < -0.3 is 20.4 Å². The molecule has 0 saturated heterocycles. The van der Waals surface area contributed by atoms with Crippen molar-refractivity contribution < 1.29 is 25.2 Å². The summed E-state index contributed by atoms with van der Waals surface area (Å²) >= 11 is 0. The normalized spacial score (nSPS) is 10.2. The maximum Gasteiger partial charge on any atom is 0.197 e. The molecule has 0 amide bonds. The Labute approximate surface area is 102 Å². The van der Waals surface area contributed by atoms with E-state index in [-0.39, 0.29) is 34.1 Å². The van der Waals surface area contributed by atoms with Crippen molar-refractivity contribution >= 4 is 5.78 Å². The van der Waals surface area contributed by atoms with Gasteiger partial charge in [-0.3, -0.25) is 4.79 Å². The van der Waals surface area contributed by atoms with Crippen LogP contribution < -0.4 is 0 Å². The molecule has 5 heteroatoms. The number of carbonyl (C=O) groups is 1. The summed E-state index contributed by atoms with van der Waals surface area (Å²) in [6.45, 7) is 0. The summed E-state index contributed by atoms with van der Waals surface area (Å²) in [6, 6.07) is 7.00. The zero-order valence-electron chi connectivity index (χ0n) is 9.16. The Morgan fingerprint density at radius 3 is 1.94 bits per heavy atom. The number of carbonyl (C=O) groups excluding carboxylic acids is 1. The maximum atomic E-state index is 12.0. The zero-order chi connectivity index (χ0) is 13.3. The Morgan fingerprint density at radius 2 is 1.39 bits per heavy atom. The van der Waals surface area contributed by atoms with Gasteiger partial charge in [0.2, 0.25) is 0 Å². The Bertz CT molecular complexity index is 599. The van der Waals surface area contributed by atoms with Crippen LogP contribution in [0.5, 0.6) is 23.0 Å². The lowest BCUT2D eigenvalue weighted by Gasteiger charge is -2.05. The first-order valence-corrected chi connectivity index (χ1v) is 5.07. The quantitative estimate of drug-likeness (QED) is 0.605. The molecule has 0 radical (unpaired) electrons. The lowest BCUT2D eigenvalue weighted by Crippen LogP contribution is -2.01. The van der Waals surface area contributed by atoms with Crippen LogP contribution in [0, 0.1) is 0 Å². The molecule has 2 rings (SSSR count). The Balaban J connectivity index is 2.47. The Kier molecular flexibility index (Phi) is 2.81. The highest BCUT2D eigenvalue weighted by Crippen LogP contribution is 2.27. The van der Waals surface area contributed by atoms with Crippen molar-refractivity contribution in [2.24, 2.45) is 0 Å². The molecule has 0 saturated carbocycles. The second-order valence-electron chi connectivity index (χ2n) is 3.77. The number of benzene rings is 2. The molecule has 0 heterocycles. The van der Waals surface area contributed by atoms with Gasteiger partial charge >= 0.3 is 0 Å². The van der Waals surface area contributed by atoms with Crippen LogP contribution in [0.2, 0.25) is 0 Å². The fourth-order valence-electron chi connectivity index (χ4n) is 1.59. The zero-order valence-corrected chi connectivity index (χ0v) is 9.16. The molecule has 2 aromatic rings. The smallest absolute Gasteiger partial charge is 0.197 e. The van der Waals surface area contributed by atoms with Crippen LogP contribution in [0.1, 0.15) is 15.9 Å². The van der Waals surface area contributed by atoms with Gasteiger partial charge in [-0.1, -0.05) is 0 Å². The standard InChI is InChI=1S/C13H10O5/c14-8-1-2-11(12(17)6-8)13(18)7-3-9(15)5-10(16)4-7/h1-6,14-17H. The van der Waals surface area contributed by atoms with E-state index in [4.69, 9.17) is 5.11 Å². The van der Waals surface area contributed by atoms with E-state index in [9.17, 15) is 20.1 Å². The van der Waals surface area contributed by atoms with Crippen LogP contribution in [0.15, 0.2) is 36.4 Å². The van der Waals surface area contributed by atoms with E-state index >= 15 is 0 Å². The number of rotatable bonds is 2. The number of hydrogen-bond acceptors (Lipinski definition) is 5. The molecular weight excluding hydrogens is 236 g/mol. The summed E-state index contributed by atoms with van der Waals surface area (Å²) in [5, 5.41) is 37.3. The molecule has 0 spiro atoms. The van der Waals surface area contributed by atoms with Crippen LogP contribution in [-0.4, -0.2) is 26.2 Å². The molecule has 0 bridgehead atoms. The van der Waals surface area contributed by atoms with Crippen molar-refractivity contribution in [2.75, 3.05) is 0 Å². The van der Waals surface area contributed by atoms with Crippen LogP contribution in [0.3, 0.4) is 0 Å². The largest absolute Gasteiger partial charge is 0.508 e. The second kappa shape index (κ2) is 4.29. The van der Waals surface area contributed by atoms with Crippen LogP contribution >= 0.6 is 0 Å². The molecule has 0 unspecified atom stereocenters. The monoisotopic (exact) mass is 246 g/mol. The predicted octanol–water partition coefficient (Wildman–Crippen LogP) is 1.74. The number of ketones is 1. The van der Waals surface area contributed by atoms with E-state index in [2.05, 4.69) is 0 Å². The number of hydrogen-bond donors (Lipinski definition) is 4. The average Bonchev–Trinajstić information content (AvgIpc) is 2.26. The van der Waals surface area contributed by atoms with Gasteiger partial charge in [-0.25, -0.2) is 0 Å². The molecule has 0 aromatic heterocycles. The van der Waals surface area contributed by atoms with Crippen molar-refractivity contribution in [1.29, 1.82) is 0 Å². The summed E-state index contributed by atoms with van der Waals surface area (Å²) in [5.41, 5.74) is 0.00582. The lowest BCUT2D eigenvalue weighted by atomic mass is 10.0. The third-order valence-electron chi connectivity index (χ3n) is 2.39. The summed E-state index contributed by atoms with van der Waals surface area (Å²) < 4.78 is 0. The average molecular weight is 246 g/mol. The van der Waals surface area contributed by atoms with Gasteiger partial charge in [0.25, 0.3) is 0 Å². The second-order valence-corrected chi connectivity index (χ2v) is 3.77. The van der Waals surface area contributed by atoms with E-state index in [0.29, 0.717) is 0 Å². The van der Waals surface area contributed by atoms with Gasteiger partial charge in [0.15, 0.2) is 5.78 Å². The molecule has 0 aliphatic heterocycles. The summed E-state index contributed by atoms with van der Waals surface area (Å²) in [6.07, 6.45) is 0. The van der Waals surface area contributed by atoms with Crippen molar-refractivity contribution in [3.63, 3.8) is 0 Å². The van der Waals surface area contributed by atoms with Gasteiger partial charge in [0, 0.05) is 17.7 Å². The van der Waals surface area contributed by atoms with Crippen LogP contribution in [0.4, 0.5) is 0 Å². The Hall–Kier alpha value is -2.69. The molecule has 92 valence electrons. The fourth-order valence-corrected chi connectivity index (χ4v) is 1.59. The first-order valence-electron chi connectivity index (χ1n) is 5.07. The lowest BCUT2D eigenvalue weighted by molar-refractivity contribution is 0.103. The molecule has 0 fully saturated rings. The van der Waals surface area contributed by atoms with Gasteiger partial charge in [-0.2, -0.15) is 0 Å². The molecule has 5 nitrogen and oxygen atoms in total. The molecule has 2 aromatic carbocycles. The molecule has 0 atom stereocenters. The van der Waals surface area contributed by atoms with Gasteiger partial charge in [0.05, 0.1) is 5.56 Å². The van der Waals surface area contributed by atoms with Gasteiger partial charge in [0.1, 0.15) is 23.0 Å². The van der Waals surface area contributed by atoms with E-state index in [1.54, 1.807) is 0 Å². The molecule has 4 N–H and O–H groups in total. The summed E-state index contributed by atoms with van der Waals surface area (Å²) in [7, 11) is 0. The van der Waals surface area contributed by atoms with Gasteiger partial charge in [-0.05, 0) is 24.3 Å². The minimum Gasteiger partial charge on any atom is -0.508 e. The summed E-state index contributed by atoms with van der Waals surface area (Å²) in [5.74, 6) is -1.61.